The van der Waals surface area contributed by atoms with Crippen LogP contribution in [0.2, 0.25) is 0 Å². The summed E-state index contributed by atoms with van der Waals surface area (Å²) in [7, 11) is 1.97. The summed E-state index contributed by atoms with van der Waals surface area (Å²) in [5.74, 6) is 0.976. The molecule has 1 atom stereocenters. The molecule has 0 bridgehead atoms. The van der Waals surface area contributed by atoms with E-state index >= 15 is 0 Å². The Morgan fingerprint density at radius 1 is 1.16 bits per heavy atom. The fraction of sp³-hybridized carbons (Fsp3) is 0.647. The monoisotopic (exact) mass is 263 g/mol. The largest absolute Gasteiger partial charge is 0.489 e. The maximum atomic E-state index is 6.03. The summed E-state index contributed by atoms with van der Waals surface area (Å²) in [6.07, 6.45) is 3.64. The summed E-state index contributed by atoms with van der Waals surface area (Å²) in [5, 5.41) is 3.19. The predicted octanol–water partition coefficient (Wildman–Crippen LogP) is 4.14. The number of ether oxygens (including phenoxy) is 1. The lowest BCUT2D eigenvalue weighted by Crippen LogP contribution is -2.29. The first-order chi connectivity index (χ1) is 9.03. The average Bonchev–Trinajstić information content (AvgIpc) is 2.40. The van der Waals surface area contributed by atoms with E-state index < -0.39 is 0 Å². The van der Waals surface area contributed by atoms with E-state index in [1.807, 2.05) is 7.05 Å². The molecule has 0 aliphatic carbocycles. The second-order valence-electron chi connectivity index (χ2n) is 5.85. The molecule has 0 amide bonds. The Kier molecular flexibility index (Phi) is 6.36. The summed E-state index contributed by atoms with van der Waals surface area (Å²) in [6, 6.07) is 8.60. The zero-order valence-corrected chi connectivity index (χ0v) is 13.1. The highest BCUT2D eigenvalue weighted by Gasteiger charge is 2.18. The highest BCUT2D eigenvalue weighted by atomic mass is 16.5. The van der Waals surface area contributed by atoms with Gasteiger partial charge in [-0.1, -0.05) is 46.2 Å². The van der Waals surface area contributed by atoms with Crippen LogP contribution in [-0.4, -0.2) is 19.7 Å². The van der Waals surface area contributed by atoms with Gasteiger partial charge in [-0.25, -0.2) is 0 Å². The third-order valence-corrected chi connectivity index (χ3v) is 3.86. The van der Waals surface area contributed by atoms with Crippen LogP contribution in [0.5, 0.6) is 5.75 Å². The van der Waals surface area contributed by atoms with Gasteiger partial charge in [0.05, 0.1) is 0 Å². The van der Waals surface area contributed by atoms with E-state index in [1.165, 1.54) is 5.56 Å². The molecule has 1 aromatic carbocycles. The Bertz CT molecular complexity index is 350. The van der Waals surface area contributed by atoms with Gasteiger partial charge in [-0.2, -0.15) is 0 Å². The van der Waals surface area contributed by atoms with Gasteiger partial charge in [-0.05, 0) is 43.0 Å². The van der Waals surface area contributed by atoms with Crippen LogP contribution in [-0.2, 0) is 5.41 Å². The van der Waals surface area contributed by atoms with Gasteiger partial charge in [-0.15, -0.1) is 0 Å². The molecular weight excluding hydrogens is 234 g/mol. The molecule has 0 fully saturated rings. The molecule has 0 aliphatic rings. The van der Waals surface area contributed by atoms with Crippen LogP contribution in [0.15, 0.2) is 24.3 Å². The van der Waals surface area contributed by atoms with Crippen molar-refractivity contribution in [3.63, 3.8) is 0 Å². The third kappa shape index (κ3) is 4.87. The van der Waals surface area contributed by atoms with Gasteiger partial charge in [0.1, 0.15) is 11.9 Å². The zero-order valence-electron chi connectivity index (χ0n) is 13.1. The molecule has 2 nitrogen and oxygen atoms in total. The highest BCUT2D eigenvalue weighted by molar-refractivity contribution is 5.31. The van der Waals surface area contributed by atoms with Crippen LogP contribution >= 0.6 is 0 Å². The number of benzene rings is 1. The zero-order chi connectivity index (χ0) is 14.3. The molecule has 2 heteroatoms. The van der Waals surface area contributed by atoms with Crippen LogP contribution in [0.1, 0.15) is 52.5 Å². The molecule has 19 heavy (non-hydrogen) atoms. The van der Waals surface area contributed by atoms with E-state index in [2.05, 4.69) is 57.3 Å². The molecule has 0 heterocycles. The van der Waals surface area contributed by atoms with Gasteiger partial charge in [0, 0.05) is 6.54 Å². The Labute approximate surface area is 118 Å². The van der Waals surface area contributed by atoms with Gasteiger partial charge in [0.15, 0.2) is 0 Å². The highest BCUT2D eigenvalue weighted by Crippen LogP contribution is 2.28. The predicted molar refractivity (Wildman–Crippen MR) is 83.0 cm³/mol. The Morgan fingerprint density at radius 2 is 1.79 bits per heavy atom. The molecule has 1 rings (SSSR count). The van der Waals surface area contributed by atoms with E-state index in [4.69, 9.17) is 4.74 Å². The number of hydrogen-bond donors (Lipinski definition) is 1. The minimum absolute atomic E-state index is 0.242. The first-order valence-corrected chi connectivity index (χ1v) is 7.45. The summed E-state index contributed by atoms with van der Waals surface area (Å²) in [6.45, 7) is 9.89. The fourth-order valence-electron chi connectivity index (χ4n) is 2.13. The SMILES string of the molecule is CCCC(CNC)Oc1ccc(C(C)(C)CC)cc1. The van der Waals surface area contributed by atoms with Crippen molar-refractivity contribution in [3.8, 4) is 5.75 Å². The van der Waals surface area contributed by atoms with Crippen molar-refractivity contribution < 1.29 is 4.74 Å². The standard InChI is InChI=1S/C17H29NO/c1-6-8-16(13-18-5)19-15-11-9-14(10-12-15)17(3,4)7-2/h9-12,16,18H,6-8,13H2,1-5H3. The molecule has 0 saturated heterocycles. The minimum atomic E-state index is 0.242. The topological polar surface area (TPSA) is 21.3 Å². The van der Waals surface area contributed by atoms with E-state index in [9.17, 15) is 0 Å². The van der Waals surface area contributed by atoms with Crippen LogP contribution < -0.4 is 10.1 Å². The molecule has 0 radical (unpaired) electrons. The summed E-state index contributed by atoms with van der Waals surface area (Å²) >= 11 is 0. The van der Waals surface area contributed by atoms with Crippen molar-refractivity contribution in [2.45, 2.75) is 58.5 Å². The lowest BCUT2D eigenvalue weighted by atomic mass is 9.82. The second-order valence-corrected chi connectivity index (χ2v) is 5.85. The second kappa shape index (κ2) is 7.54. The molecule has 108 valence electrons. The molecule has 1 N–H and O–H groups in total. The molecule has 0 aliphatic heterocycles. The third-order valence-electron chi connectivity index (χ3n) is 3.86. The van der Waals surface area contributed by atoms with Crippen LogP contribution in [0.3, 0.4) is 0 Å². The Morgan fingerprint density at radius 3 is 2.26 bits per heavy atom. The van der Waals surface area contributed by atoms with Crippen molar-refractivity contribution >= 4 is 0 Å². The lowest BCUT2D eigenvalue weighted by molar-refractivity contribution is 0.189. The summed E-state index contributed by atoms with van der Waals surface area (Å²) in [5.41, 5.74) is 1.62. The molecular formula is C17H29NO. The summed E-state index contributed by atoms with van der Waals surface area (Å²) < 4.78 is 6.03. The van der Waals surface area contributed by atoms with Crippen LogP contribution in [0.4, 0.5) is 0 Å². The minimum Gasteiger partial charge on any atom is -0.489 e. The normalized spacial score (nSPS) is 13.3. The smallest absolute Gasteiger partial charge is 0.119 e. The first kappa shape index (κ1) is 16.0. The maximum Gasteiger partial charge on any atom is 0.119 e. The van der Waals surface area contributed by atoms with Gasteiger partial charge >= 0.3 is 0 Å². The number of likely N-dealkylation sites (N-methyl/N-ethyl adjacent to an activating group) is 1. The maximum absolute atomic E-state index is 6.03. The fourth-order valence-corrected chi connectivity index (χ4v) is 2.13. The molecule has 0 aromatic heterocycles. The molecule has 1 unspecified atom stereocenters. The van der Waals surface area contributed by atoms with Gasteiger partial charge in [-0.3, -0.25) is 0 Å². The van der Waals surface area contributed by atoms with Crippen LogP contribution in [0, 0.1) is 0 Å². The van der Waals surface area contributed by atoms with E-state index in [1.54, 1.807) is 0 Å². The van der Waals surface area contributed by atoms with Crippen molar-refractivity contribution in [2.75, 3.05) is 13.6 Å². The van der Waals surface area contributed by atoms with E-state index in [0.717, 1.165) is 31.6 Å². The Balaban J connectivity index is 2.70. The van der Waals surface area contributed by atoms with E-state index in [-0.39, 0.29) is 11.5 Å². The number of hydrogen-bond acceptors (Lipinski definition) is 2. The van der Waals surface area contributed by atoms with Gasteiger partial charge in [0.2, 0.25) is 0 Å². The molecule has 0 saturated carbocycles. The van der Waals surface area contributed by atoms with Gasteiger partial charge < -0.3 is 10.1 Å². The van der Waals surface area contributed by atoms with Crippen molar-refractivity contribution in [2.24, 2.45) is 0 Å². The summed E-state index contributed by atoms with van der Waals surface area (Å²) in [4.78, 5) is 0. The van der Waals surface area contributed by atoms with Crippen molar-refractivity contribution in [3.05, 3.63) is 29.8 Å². The van der Waals surface area contributed by atoms with E-state index in [0.29, 0.717) is 0 Å². The van der Waals surface area contributed by atoms with Crippen molar-refractivity contribution in [1.29, 1.82) is 0 Å². The first-order valence-electron chi connectivity index (χ1n) is 7.45. The van der Waals surface area contributed by atoms with Crippen LogP contribution in [0.25, 0.3) is 0 Å². The Hall–Kier alpha value is -1.02. The van der Waals surface area contributed by atoms with Gasteiger partial charge in [0.25, 0.3) is 0 Å². The molecule has 0 spiro atoms. The lowest BCUT2D eigenvalue weighted by Gasteiger charge is -2.24. The molecule has 1 aromatic rings. The average molecular weight is 263 g/mol. The number of nitrogens with one attached hydrogen (secondary N) is 1. The number of rotatable bonds is 8. The van der Waals surface area contributed by atoms with Crippen molar-refractivity contribution in [1.82, 2.24) is 5.32 Å². The quantitative estimate of drug-likeness (QED) is 0.761.